The zero-order valence-corrected chi connectivity index (χ0v) is 9.53. The summed E-state index contributed by atoms with van der Waals surface area (Å²) in [4.78, 5) is 13.2. The summed E-state index contributed by atoms with van der Waals surface area (Å²) < 4.78 is 0. The highest BCUT2D eigenvalue weighted by atomic mass is 35.5. The molecule has 2 rings (SSSR count). The molecule has 2 aliphatic heterocycles. The lowest BCUT2D eigenvalue weighted by Crippen LogP contribution is -2.42. The number of carbonyl (C=O) groups excluding carboxylic acids is 1. The molecule has 0 radical (unpaired) electrons. The van der Waals surface area contributed by atoms with Crippen LogP contribution in [0, 0.1) is 5.41 Å². The van der Waals surface area contributed by atoms with Crippen molar-refractivity contribution in [3.05, 3.63) is 0 Å². The van der Waals surface area contributed by atoms with Crippen molar-refractivity contribution < 1.29 is 4.79 Å². The SMILES string of the molecule is CC(=O)N1CCC2(CCCNC2)C1.Cl. The molecule has 2 aliphatic rings. The average molecular weight is 219 g/mol. The molecular formula is C10H19ClN2O. The standard InChI is InChI=1S/C10H18N2O.ClH/c1-9(13)12-6-4-10(8-12)3-2-5-11-7-10;/h11H,2-8H2,1H3;1H. The van der Waals surface area contributed by atoms with Gasteiger partial charge in [-0.1, -0.05) is 0 Å². The Balaban J connectivity index is 0.000000980. The second kappa shape index (κ2) is 4.49. The molecule has 1 unspecified atom stereocenters. The molecule has 1 spiro atoms. The molecule has 0 aromatic carbocycles. The van der Waals surface area contributed by atoms with Crippen molar-refractivity contribution in [3.63, 3.8) is 0 Å². The predicted molar refractivity (Wildman–Crippen MR) is 58.7 cm³/mol. The van der Waals surface area contributed by atoms with E-state index in [9.17, 15) is 4.79 Å². The zero-order valence-electron chi connectivity index (χ0n) is 8.71. The van der Waals surface area contributed by atoms with Crippen molar-refractivity contribution in [2.75, 3.05) is 26.2 Å². The van der Waals surface area contributed by atoms with E-state index in [4.69, 9.17) is 0 Å². The molecule has 0 aromatic heterocycles. The maximum Gasteiger partial charge on any atom is 0.219 e. The summed E-state index contributed by atoms with van der Waals surface area (Å²) in [5.41, 5.74) is 0.421. The summed E-state index contributed by atoms with van der Waals surface area (Å²) >= 11 is 0. The topological polar surface area (TPSA) is 32.3 Å². The number of nitrogens with zero attached hydrogens (tertiary/aromatic N) is 1. The molecule has 14 heavy (non-hydrogen) atoms. The molecule has 1 N–H and O–H groups in total. The Hall–Kier alpha value is -0.280. The van der Waals surface area contributed by atoms with E-state index in [1.54, 1.807) is 6.92 Å². The number of carbonyl (C=O) groups is 1. The van der Waals surface area contributed by atoms with Crippen LogP contribution in [0.25, 0.3) is 0 Å². The number of rotatable bonds is 0. The first kappa shape index (κ1) is 11.8. The van der Waals surface area contributed by atoms with Crippen LogP contribution in [-0.2, 0) is 4.79 Å². The summed E-state index contributed by atoms with van der Waals surface area (Å²) in [6.45, 7) is 5.89. The van der Waals surface area contributed by atoms with Gasteiger partial charge in [0.05, 0.1) is 0 Å². The van der Waals surface area contributed by atoms with Gasteiger partial charge in [0.15, 0.2) is 0 Å². The molecule has 0 aromatic rings. The molecule has 2 saturated heterocycles. The van der Waals surface area contributed by atoms with Gasteiger partial charge < -0.3 is 10.2 Å². The number of halogens is 1. The average Bonchev–Trinajstić information content (AvgIpc) is 2.51. The van der Waals surface area contributed by atoms with Gasteiger partial charge in [0.1, 0.15) is 0 Å². The number of hydrogen-bond donors (Lipinski definition) is 1. The highest BCUT2D eigenvalue weighted by Crippen LogP contribution is 2.36. The van der Waals surface area contributed by atoms with Crippen LogP contribution in [0.4, 0.5) is 0 Å². The van der Waals surface area contributed by atoms with E-state index in [0.29, 0.717) is 5.41 Å². The largest absolute Gasteiger partial charge is 0.342 e. The molecule has 1 amide bonds. The van der Waals surface area contributed by atoms with Gasteiger partial charge in [-0.3, -0.25) is 4.79 Å². The van der Waals surface area contributed by atoms with Gasteiger partial charge in [-0.05, 0) is 25.8 Å². The van der Waals surface area contributed by atoms with Crippen LogP contribution in [0.2, 0.25) is 0 Å². The van der Waals surface area contributed by atoms with Crippen LogP contribution >= 0.6 is 12.4 Å². The molecule has 1 atom stereocenters. The Labute approximate surface area is 91.6 Å². The van der Waals surface area contributed by atoms with Crippen molar-refractivity contribution in [2.45, 2.75) is 26.2 Å². The van der Waals surface area contributed by atoms with Crippen molar-refractivity contribution in [1.29, 1.82) is 0 Å². The van der Waals surface area contributed by atoms with Gasteiger partial charge in [-0.25, -0.2) is 0 Å². The van der Waals surface area contributed by atoms with Crippen LogP contribution < -0.4 is 5.32 Å². The predicted octanol–water partition coefficient (Wildman–Crippen LogP) is 1.03. The van der Waals surface area contributed by atoms with E-state index in [1.165, 1.54) is 19.3 Å². The number of piperidine rings is 1. The monoisotopic (exact) mass is 218 g/mol. The third kappa shape index (κ3) is 2.20. The summed E-state index contributed by atoms with van der Waals surface area (Å²) in [5.74, 6) is 0.238. The molecule has 3 nitrogen and oxygen atoms in total. The number of likely N-dealkylation sites (tertiary alicyclic amines) is 1. The summed E-state index contributed by atoms with van der Waals surface area (Å²) in [7, 11) is 0. The van der Waals surface area contributed by atoms with Crippen molar-refractivity contribution in [2.24, 2.45) is 5.41 Å². The molecule has 0 saturated carbocycles. The Morgan fingerprint density at radius 1 is 1.43 bits per heavy atom. The van der Waals surface area contributed by atoms with E-state index in [0.717, 1.165) is 26.2 Å². The Kier molecular flexibility index (Phi) is 3.78. The molecule has 82 valence electrons. The number of nitrogens with one attached hydrogen (secondary N) is 1. The lowest BCUT2D eigenvalue weighted by Gasteiger charge is -2.33. The van der Waals surface area contributed by atoms with E-state index in [-0.39, 0.29) is 18.3 Å². The third-order valence-electron chi connectivity index (χ3n) is 3.44. The van der Waals surface area contributed by atoms with Gasteiger partial charge >= 0.3 is 0 Å². The normalized spacial score (nSPS) is 31.6. The van der Waals surface area contributed by atoms with Crippen LogP contribution in [0.3, 0.4) is 0 Å². The van der Waals surface area contributed by atoms with Gasteiger partial charge in [0.2, 0.25) is 5.91 Å². The van der Waals surface area contributed by atoms with Gasteiger partial charge in [0.25, 0.3) is 0 Å². The second-order valence-corrected chi connectivity index (χ2v) is 4.47. The Morgan fingerprint density at radius 2 is 2.21 bits per heavy atom. The molecule has 2 fully saturated rings. The smallest absolute Gasteiger partial charge is 0.219 e. The van der Waals surface area contributed by atoms with Crippen LogP contribution in [0.5, 0.6) is 0 Å². The summed E-state index contributed by atoms with van der Waals surface area (Å²) in [6, 6.07) is 0. The third-order valence-corrected chi connectivity index (χ3v) is 3.44. The molecule has 0 bridgehead atoms. The van der Waals surface area contributed by atoms with E-state index >= 15 is 0 Å². The molecule has 4 heteroatoms. The van der Waals surface area contributed by atoms with E-state index < -0.39 is 0 Å². The van der Waals surface area contributed by atoms with Gasteiger partial charge in [0, 0.05) is 32.0 Å². The van der Waals surface area contributed by atoms with Crippen molar-refractivity contribution >= 4 is 18.3 Å². The van der Waals surface area contributed by atoms with Gasteiger partial charge in [-0.2, -0.15) is 0 Å². The minimum atomic E-state index is 0. The number of amides is 1. The Morgan fingerprint density at radius 3 is 2.71 bits per heavy atom. The first-order chi connectivity index (χ1) is 6.22. The van der Waals surface area contributed by atoms with Crippen LogP contribution in [-0.4, -0.2) is 37.0 Å². The maximum absolute atomic E-state index is 11.2. The lowest BCUT2D eigenvalue weighted by molar-refractivity contribution is -0.128. The quantitative estimate of drug-likeness (QED) is 0.659. The fourth-order valence-corrected chi connectivity index (χ4v) is 2.58. The second-order valence-electron chi connectivity index (χ2n) is 4.47. The highest BCUT2D eigenvalue weighted by molar-refractivity contribution is 5.85. The fourth-order valence-electron chi connectivity index (χ4n) is 2.58. The van der Waals surface area contributed by atoms with E-state index in [2.05, 4.69) is 5.32 Å². The summed E-state index contributed by atoms with van der Waals surface area (Å²) in [5, 5.41) is 3.44. The Bertz CT molecular complexity index is 214. The molecule has 2 heterocycles. The maximum atomic E-state index is 11.2. The number of hydrogen-bond acceptors (Lipinski definition) is 2. The summed E-state index contributed by atoms with van der Waals surface area (Å²) in [6.07, 6.45) is 3.76. The highest BCUT2D eigenvalue weighted by Gasteiger charge is 2.39. The van der Waals surface area contributed by atoms with Gasteiger partial charge in [-0.15, -0.1) is 12.4 Å². The fraction of sp³-hybridized carbons (Fsp3) is 0.900. The van der Waals surface area contributed by atoms with Crippen LogP contribution in [0.1, 0.15) is 26.2 Å². The van der Waals surface area contributed by atoms with Crippen molar-refractivity contribution in [1.82, 2.24) is 10.2 Å². The minimum Gasteiger partial charge on any atom is -0.342 e. The zero-order chi connectivity index (χ0) is 9.31. The lowest BCUT2D eigenvalue weighted by atomic mass is 9.80. The first-order valence-electron chi connectivity index (χ1n) is 5.18. The van der Waals surface area contributed by atoms with Crippen molar-refractivity contribution in [3.8, 4) is 0 Å². The van der Waals surface area contributed by atoms with Crippen LogP contribution in [0.15, 0.2) is 0 Å². The molecule has 0 aliphatic carbocycles. The first-order valence-corrected chi connectivity index (χ1v) is 5.18. The molecular weight excluding hydrogens is 200 g/mol. The van der Waals surface area contributed by atoms with E-state index in [1.807, 2.05) is 4.90 Å². The minimum absolute atomic E-state index is 0.